The SMILES string of the molecule is Cc1noc(C)c1S(=O)(=O)N(Cc1nc2ccccc2c(=O)[nH]1)CC1CCCO1. The van der Waals surface area contributed by atoms with Crippen LogP contribution in [0.1, 0.15) is 30.1 Å². The maximum Gasteiger partial charge on any atom is 0.258 e. The van der Waals surface area contributed by atoms with E-state index < -0.39 is 10.0 Å². The topological polar surface area (TPSA) is 118 Å². The monoisotopic (exact) mass is 418 g/mol. The minimum absolute atomic E-state index is 0.0404. The minimum Gasteiger partial charge on any atom is -0.377 e. The second-order valence-electron chi connectivity index (χ2n) is 7.12. The molecular formula is C19H22N4O5S. The number of aromatic amines is 1. The molecule has 3 aromatic rings. The molecule has 9 nitrogen and oxygen atoms in total. The summed E-state index contributed by atoms with van der Waals surface area (Å²) in [5.74, 6) is 0.488. The molecule has 1 N–H and O–H groups in total. The summed E-state index contributed by atoms with van der Waals surface area (Å²) in [6, 6.07) is 6.94. The van der Waals surface area contributed by atoms with Gasteiger partial charge in [0.1, 0.15) is 16.4 Å². The normalized spacial score (nSPS) is 17.4. The van der Waals surface area contributed by atoms with Gasteiger partial charge in [0.15, 0.2) is 5.76 Å². The summed E-state index contributed by atoms with van der Waals surface area (Å²) in [7, 11) is -3.94. The first-order chi connectivity index (χ1) is 13.9. The summed E-state index contributed by atoms with van der Waals surface area (Å²) in [5.41, 5.74) is 0.496. The summed E-state index contributed by atoms with van der Waals surface area (Å²) in [4.78, 5) is 19.6. The predicted molar refractivity (Wildman–Crippen MR) is 105 cm³/mol. The number of hydrogen-bond donors (Lipinski definition) is 1. The quantitative estimate of drug-likeness (QED) is 0.649. The maximum atomic E-state index is 13.4. The third-order valence-electron chi connectivity index (χ3n) is 4.99. The number of H-pyrrole nitrogens is 1. The fraction of sp³-hybridized carbons (Fsp3) is 0.421. The van der Waals surface area contributed by atoms with Crippen LogP contribution in [0.4, 0.5) is 0 Å². The molecule has 29 heavy (non-hydrogen) atoms. The van der Waals surface area contributed by atoms with Crippen molar-refractivity contribution in [3.63, 3.8) is 0 Å². The number of nitrogens with one attached hydrogen (secondary N) is 1. The smallest absolute Gasteiger partial charge is 0.258 e. The van der Waals surface area contributed by atoms with E-state index in [1.54, 1.807) is 38.1 Å². The van der Waals surface area contributed by atoms with Crippen molar-refractivity contribution in [2.45, 2.75) is 44.2 Å². The average molecular weight is 418 g/mol. The molecule has 0 amide bonds. The number of nitrogens with zero attached hydrogens (tertiary/aromatic N) is 3. The molecule has 2 aromatic heterocycles. The molecule has 0 spiro atoms. The molecule has 0 saturated carbocycles. The van der Waals surface area contributed by atoms with Gasteiger partial charge >= 0.3 is 0 Å². The molecule has 1 unspecified atom stereocenters. The van der Waals surface area contributed by atoms with Crippen molar-refractivity contribution in [2.75, 3.05) is 13.2 Å². The Morgan fingerprint density at radius 3 is 2.76 bits per heavy atom. The second kappa shape index (κ2) is 7.69. The maximum absolute atomic E-state index is 13.4. The molecule has 1 aliphatic heterocycles. The Balaban J connectivity index is 1.74. The lowest BCUT2D eigenvalue weighted by atomic mass is 10.2. The van der Waals surface area contributed by atoms with E-state index in [1.165, 1.54) is 4.31 Å². The minimum atomic E-state index is -3.94. The Morgan fingerprint density at radius 1 is 1.28 bits per heavy atom. The molecule has 1 aromatic carbocycles. The van der Waals surface area contributed by atoms with Crippen LogP contribution in [0.25, 0.3) is 10.9 Å². The van der Waals surface area contributed by atoms with Gasteiger partial charge in [-0.25, -0.2) is 13.4 Å². The Kier molecular flexibility index (Phi) is 5.24. The van der Waals surface area contributed by atoms with Gasteiger partial charge in [-0.05, 0) is 38.8 Å². The van der Waals surface area contributed by atoms with E-state index in [2.05, 4.69) is 15.1 Å². The van der Waals surface area contributed by atoms with Crippen molar-refractivity contribution >= 4 is 20.9 Å². The van der Waals surface area contributed by atoms with Crippen LogP contribution in [-0.2, 0) is 21.3 Å². The third-order valence-corrected chi connectivity index (χ3v) is 7.04. The van der Waals surface area contributed by atoms with E-state index in [0.29, 0.717) is 23.2 Å². The lowest BCUT2D eigenvalue weighted by Gasteiger charge is -2.24. The Labute approximate surface area is 167 Å². The van der Waals surface area contributed by atoms with Gasteiger partial charge in [0.25, 0.3) is 5.56 Å². The molecule has 1 fully saturated rings. The number of hydrogen-bond acceptors (Lipinski definition) is 7. The molecule has 1 aliphatic rings. The summed E-state index contributed by atoms with van der Waals surface area (Å²) in [6.45, 7) is 3.82. The van der Waals surface area contributed by atoms with Crippen molar-refractivity contribution in [1.29, 1.82) is 0 Å². The van der Waals surface area contributed by atoms with Gasteiger partial charge in [-0.15, -0.1) is 0 Å². The number of aromatic nitrogens is 3. The highest BCUT2D eigenvalue weighted by Crippen LogP contribution is 2.26. The summed E-state index contributed by atoms with van der Waals surface area (Å²) in [6.07, 6.45) is 1.45. The van der Waals surface area contributed by atoms with E-state index in [0.717, 1.165) is 12.8 Å². The highest BCUT2D eigenvalue weighted by atomic mass is 32.2. The number of fused-ring (bicyclic) bond motifs is 1. The molecule has 1 saturated heterocycles. The fourth-order valence-electron chi connectivity index (χ4n) is 3.61. The fourth-order valence-corrected chi connectivity index (χ4v) is 5.34. The van der Waals surface area contributed by atoms with Crippen LogP contribution in [-0.4, -0.2) is 47.1 Å². The number of sulfonamides is 1. The molecule has 0 aliphatic carbocycles. The number of ether oxygens (including phenoxy) is 1. The molecule has 4 rings (SSSR count). The van der Waals surface area contributed by atoms with Crippen LogP contribution in [0.3, 0.4) is 0 Å². The average Bonchev–Trinajstić information content (AvgIpc) is 3.31. The van der Waals surface area contributed by atoms with Crippen LogP contribution >= 0.6 is 0 Å². The van der Waals surface area contributed by atoms with Gasteiger partial charge in [0, 0.05) is 13.2 Å². The Bertz CT molecular complexity index is 1180. The summed E-state index contributed by atoms with van der Waals surface area (Å²) < 4.78 is 38.9. The number of aryl methyl sites for hydroxylation is 2. The van der Waals surface area contributed by atoms with Gasteiger partial charge in [0.2, 0.25) is 10.0 Å². The first kappa shape index (κ1) is 19.7. The zero-order valence-corrected chi connectivity index (χ0v) is 17.0. The molecular weight excluding hydrogens is 396 g/mol. The van der Waals surface area contributed by atoms with E-state index in [1.807, 2.05) is 0 Å². The Morgan fingerprint density at radius 2 is 2.07 bits per heavy atom. The van der Waals surface area contributed by atoms with Crippen LogP contribution in [0.15, 0.2) is 38.5 Å². The molecule has 10 heteroatoms. The molecule has 0 radical (unpaired) electrons. The van der Waals surface area contributed by atoms with Gasteiger partial charge in [-0.1, -0.05) is 17.3 Å². The van der Waals surface area contributed by atoms with Crippen molar-refractivity contribution < 1.29 is 17.7 Å². The first-order valence-corrected chi connectivity index (χ1v) is 10.8. The van der Waals surface area contributed by atoms with E-state index >= 15 is 0 Å². The highest BCUT2D eigenvalue weighted by Gasteiger charge is 2.34. The molecule has 154 valence electrons. The van der Waals surface area contributed by atoms with Crippen LogP contribution in [0, 0.1) is 13.8 Å². The lowest BCUT2D eigenvalue weighted by molar-refractivity contribution is 0.0921. The van der Waals surface area contributed by atoms with Gasteiger partial charge in [-0.2, -0.15) is 4.31 Å². The summed E-state index contributed by atoms with van der Waals surface area (Å²) >= 11 is 0. The summed E-state index contributed by atoms with van der Waals surface area (Å²) in [5, 5.41) is 4.23. The van der Waals surface area contributed by atoms with Crippen molar-refractivity contribution in [2.24, 2.45) is 0 Å². The standard InChI is InChI=1S/C19H22N4O5S/c1-12-18(13(2)28-22-12)29(25,26)23(10-14-6-5-9-27-14)11-17-20-16-8-4-3-7-15(16)19(24)21-17/h3-4,7-8,14H,5-6,9-11H2,1-2H3,(H,20,21,24). The van der Waals surface area contributed by atoms with Crippen LogP contribution in [0.5, 0.6) is 0 Å². The van der Waals surface area contributed by atoms with Crippen molar-refractivity contribution in [3.8, 4) is 0 Å². The third kappa shape index (κ3) is 3.83. The van der Waals surface area contributed by atoms with Crippen molar-refractivity contribution in [3.05, 3.63) is 51.9 Å². The first-order valence-electron chi connectivity index (χ1n) is 9.39. The largest absolute Gasteiger partial charge is 0.377 e. The van der Waals surface area contributed by atoms with Crippen LogP contribution in [0.2, 0.25) is 0 Å². The highest BCUT2D eigenvalue weighted by molar-refractivity contribution is 7.89. The predicted octanol–water partition coefficient (Wildman–Crippen LogP) is 1.90. The Hall–Kier alpha value is -2.56. The van der Waals surface area contributed by atoms with E-state index in [9.17, 15) is 13.2 Å². The molecule has 1 atom stereocenters. The molecule has 3 heterocycles. The number of benzene rings is 1. The van der Waals surface area contributed by atoms with Gasteiger partial charge < -0.3 is 14.2 Å². The lowest BCUT2D eigenvalue weighted by Crippen LogP contribution is -2.38. The van der Waals surface area contributed by atoms with E-state index in [4.69, 9.17) is 9.26 Å². The zero-order valence-electron chi connectivity index (χ0n) is 16.2. The van der Waals surface area contributed by atoms with E-state index in [-0.39, 0.29) is 41.2 Å². The van der Waals surface area contributed by atoms with Crippen LogP contribution < -0.4 is 5.56 Å². The number of para-hydroxylation sites is 1. The van der Waals surface area contributed by atoms with Gasteiger partial charge in [0.05, 0.1) is 23.6 Å². The number of rotatable bonds is 6. The van der Waals surface area contributed by atoms with Gasteiger partial charge in [-0.3, -0.25) is 4.79 Å². The molecule has 0 bridgehead atoms. The zero-order chi connectivity index (χ0) is 20.6. The van der Waals surface area contributed by atoms with Crippen molar-refractivity contribution in [1.82, 2.24) is 19.4 Å². The second-order valence-corrected chi connectivity index (χ2v) is 8.99.